The van der Waals surface area contributed by atoms with Gasteiger partial charge in [-0.3, -0.25) is 0 Å². The zero-order valence-corrected chi connectivity index (χ0v) is 7.53. The summed E-state index contributed by atoms with van der Waals surface area (Å²) in [5, 5.41) is 11.3. The summed E-state index contributed by atoms with van der Waals surface area (Å²) in [5.41, 5.74) is 7.37. The summed E-state index contributed by atoms with van der Waals surface area (Å²) in [4.78, 5) is 0. The van der Waals surface area contributed by atoms with E-state index in [0.717, 1.165) is 18.8 Å². The summed E-state index contributed by atoms with van der Waals surface area (Å²) in [5.74, 6) is 0.491. The van der Waals surface area contributed by atoms with E-state index in [4.69, 9.17) is 5.73 Å². The number of hydrogen-bond donors (Lipinski definition) is 2. The van der Waals surface area contributed by atoms with Crippen LogP contribution in [0.2, 0.25) is 0 Å². The lowest BCUT2D eigenvalue weighted by Crippen LogP contribution is -2.29. The Bertz CT molecular complexity index is 281. The second-order valence-electron chi connectivity index (χ2n) is 3.46. The quantitative estimate of drug-likeness (QED) is 0.658. The molecule has 1 atom stereocenters. The summed E-state index contributed by atoms with van der Waals surface area (Å²) in [6.07, 6.45) is 3.98. The van der Waals surface area contributed by atoms with E-state index in [2.05, 4.69) is 15.5 Å². The number of anilines is 1. The van der Waals surface area contributed by atoms with Crippen molar-refractivity contribution in [3.8, 4) is 0 Å². The lowest BCUT2D eigenvalue weighted by atomic mass is 9.96. The van der Waals surface area contributed by atoms with Gasteiger partial charge in [0.2, 0.25) is 0 Å². The average Bonchev–Trinajstić information content (AvgIpc) is 2.19. The van der Waals surface area contributed by atoms with Gasteiger partial charge in [0, 0.05) is 12.5 Å². The van der Waals surface area contributed by atoms with Crippen molar-refractivity contribution in [3.63, 3.8) is 0 Å². The molecule has 4 nitrogen and oxygen atoms in total. The normalized spacial score (nSPS) is 22.9. The van der Waals surface area contributed by atoms with Crippen molar-refractivity contribution in [3.05, 3.63) is 18.0 Å². The van der Waals surface area contributed by atoms with E-state index in [0.29, 0.717) is 11.6 Å². The fourth-order valence-corrected chi connectivity index (χ4v) is 1.70. The molecule has 3 N–H and O–H groups in total. The van der Waals surface area contributed by atoms with Crippen LogP contribution in [0.25, 0.3) is 0 Å². The molecular weight excluding hydrogens is 164 g/mol. The first-order valence-corrected chi connectivity index (χ1v) is 4.65. The van der Waals surface area contributed by atoms with Crippen LogP contribution in [-0.2, 0) is 0 Å². The van der Waals surface area contributed by atoms with Gasteiger partial charge in [-0.1, -0.05) is 0 Å². The molecule has 13 heavy (non-hydrogen) atoms. The maximum Gasteiger partial charge on any atom is 0.0726 e. The number of aromatic nitrogens is 2. The minimum absolute atomic E-state index is 0.491. The fourth-order valence-electron chi connectivity index (χ4n) is 1.70. The third-order valence-corrected chi connectivity index (χ3v) is 2.41. The Morgan fingerprint density at radius 1 is 1.54 bits per heavy atom. The van der Waals surface area contributed by atoms with Gasteiger partial charge in [0.1, 0.15) is 0 Å². The summed E-state index contributed by atoms with van der Waals surface area (Å²) in [6.45, 7) is 2.12. The zero-order valence-electron chi connectivity index (χ0n) is 7.53. The molecule has 1 saturated heterocycles. The molecule has 0 amide bonds. The van der Waals surface area contributed by atoms with Crippen LogP contribution in [0.5, 0.6) is 0 Å². The Hall–Kier alpha value is -1.16. The van der Waals surface area contributed by atoms with Crippen LogP contribution >= 0.6 is 0 Å². The van der Waals surface area contributed by atoms with Crippen LogP contribution < -0.4 is 11.1 Å². The lowest BCUT2D eigenvalue weighted by molar-refractivity contribution is 0.452. The van der Waals surface area contributed by atoms with E-state index in [1.807, 2.05) is 6.07 Å². The first kappa shape index (κ1) is 8.44. The lowest BCUT2D eigenvalue weighted by Gasteiger charge is -2.21. The molecule has 0 aliphatic carbocycles. The van der Waals surface area contributed by atoms with Gasteiger partial charge in [-0.2, -0.15) is 10.2 Å². The van der Waals surface area contributed by atoms with Crippen LogP contribution in [0.15, 0.2) is 12.3 Å². The van der Waals surface area contributed by atoms with Crippen LogP contribution in [0.1, 0.15) is 24.5 Å². The molecule has 1 aliphatic heterocycles. The van der Waals surface area contributed by atoms with Gasteiger partial charge in [0.15, 0.2) is 0 Å². The number of nitrogens with two attached hydrogens (primary N) is 1. The fraction of sp³-hybridized carbons (Fsp3) is 0.556. The average molecular weight is 178 g/mol. The van der Waals surface area contributed by atoms with E-state index in [1.54, 1.807) is 6.20 Å². The third kappa shape index (κ3) is 1.95. The highest BCUT2D eigenvalue weighted by molar-refractivity contribution is 5.35. The Kier molecular flexibility index (Phi) is 2.40. The number of nitrogens with one attached hydrogen (secondary N) is 1. The maximum atomic E-state index is 5.64. The molecule has 1 aromatic heterocycles. The van der Waals surface area contributed by atoms with Crippen molar-refractivity contribution in [1.29, 1.82) is 0 Å². The maximum absolute atomic E-state index is 5.64. The van der Waals surface area contributed by atoms with Crippen LogP contribution in [0, 0.1) is 0 Å². The van der Waals surface area contributed by atoms with Crippen molar-refractivity contribution in [2.75, 3.05) is 18.8 Å². The van der Waals surface area contributed by atoms with Crippen LogP contribution in [-0.4, -0.2) is 23.3 Å². The van der Waals surface area contributed by atoms with Crippen molar-refractivity contribution >= 4 is 5.69 Å². The largest absolute Gasteiger partial charge is 0.397 e. The van der Waals surface area contributed by atoms with Crippen molar-refractivity contribution in [2.45, 2.75) is 18.8 Å². The predicted molar refractivity (Wildman–Crippen MR) is 51.3 cm³/mol. The van der Waals surface area contributed by atoms with Gasteiger partial charge in [-0.05, 0) is 25.5 Å². The Labute approximate surface area is 77.5 Å². The molecule has 1 aliphatic rings. The molecule has 0 radical (unpaired) electrons. The summed E-state index contributed by atoms with van der Waals surface area (Å²) >= 11 is 0. The van der Waals surface area contributed by atoms with E-state index < -0.39 is 0 Å². The molecular formula is C9H14N4. The van der Waals surface area contributed by atoms with Crippen LogP contribution in [0.3, 0.4) is 0 Å². The number of piperidine rings is 1. The first-order valence-electron chi connectivity index (χ1n) is 4.65. The van der Waals surface area contributed by atoms with Gasteiger partial charge in [-0.25, -0.2) is 0 Å². The van der Waals surface area contributed by atoms with Gasteiger partial charge in [0.05, 0.1) is 17.6 Å². The summed E-state index contributed by atoms with van der Waals surface area (Å²) in [7, 11) is 0. The highest BCUT2D eigenvalue weighted by Crippen LogP contribution is 2.21. The SMILES string of the molecule is Nc1cnnc(C2CCCNC2)c1. The minimum Gasteiger partial charge on any atom is -0.397 e. The van der Waals surface area contributed by atoms with E-state index >= 15 is 0 Å². The number of nitrogens with zero attached hydrogens (tertiary/aromatic N) is 2. The predicted octanol–water partition coefficient (Wildman–Crippen LogP) is 0.526. The van der Waals surface area contributed by atoms with Gasteiger partial charge >= 0.3 is 0 Å². The number of hydrogen-bond acceptors (Lipinski definition) is 4. The molecule has 0 saturated carbocycles. The monoisotopic (exact) mass is 178 g/mol. The Balaban J connectivity index is 2.14. The number of rotatable bonds is 1. The molecule has 4 heteroatoms. The summed E-state index contributed by atoms with van der Waals surface area (Å²) < 4.78 is 0. The third-order valence-electron chi connectivity index (χ3n) is 2.41. The smallest absolute Gasteiger partial charge is 0.0726 e. The molecule has 2 heterocycles. The topological polar surface area (TPSA) is 63.8 Å². The minimum atomic E-state index is 0.491. The van der Waals surface area contributed by atoms with Crippen molar-refractivity contribution < 1.29 is 0 Å². The Morgan fingerprint density at radius 2 is 2.46 bits per heavy atom. The summed E-state index contributed by atoms with van der Waals surface area (Å²) in [6, 6.07) is 1.92. The van der Waals surface area contributed by atoms with Crippen molar-refractivity contribution in [2.24, 2.45) is 0 Å². The van der Waals surface area contributed by atoms with E-state index in [-0.39, 0.29) is 0 Å². The molecule has 0 spiro atoms. The van der Waals surface area contributed by atoms with Crippen LogP contribution in [0.4, 0.5) is 5.69 Å². The highest BCUT2D eigenvalue weighted by atomic mass is 15.1. The van der Waals surface area contributed by atoms with E-state index in [1.165, 1.54) is 12.8 Å². The zero-order chi connectivity index (χ0) is 9.10. The van der Waals surface area contributed by atoms with Crippen molar-refractivity contribution in [1.82, 2.24) is 15.5 Å². The second kappa shape index (κ2) is 3.70. The molecule has 1 fully saturated rings. The number of nitrogen functional groups attached to an aromatic ring is 1. The first-order chi connectivity index (χ1) is 6.36. The standard InChI is InChI=1S/C9H14N4/c10-8-4-9(13-12-6-8)7-2-1-3-11-5-7/h4,6-7,11H,1-3,5H2,(H2,10,13). The Morgan fingerprint density at radius 3 is 3.15 bits per heavy atom. The second-order valence-corrected chi connectivity index (χ2v) is 3.46. The highest BCUT2D eigenvalue weighted by Gasteiger charge is 2.16. The molecule has 1 unspecified atom stereocenters. The van der Waals surface area contributed by atoms with Gasteiger partial charge in [-0.15, -0.1) is 0 Å². The molecule has 2 rings (SSSR count). The molecule has 0 bridgehead atoms. The molecule has 0 aromatic carbocycles. The molecule has 70 valence electrons. The van der Waals surface area contributed by atoms with Gasteiger partial charge < -0.3 is 11.1 Å². The van der Waals surface area contributed by atoms with Gasteiger partial charge in [0.25, 0.3) is 0 Å². The molecule has 1 aromatic rings. The van der Waals surface area contributed by atoms with E-state index in [9.17, 15) is 0 Å².